The van der Waals surface area contributed by atoms with Crippen molar-refractivity contribution in [1.82, 2.24) is 0 Å². The van der Waals surface area contributed by atoms with Gasteiger partial charge in [0.15, 0.2) is 5.78 Å². The van der Waals surface area contributed by atoms with Crippen LogP contribution in [0.4, 0.5) is 18.9 Å². The van der Waals surface area contributed by atoms with E-state index in [-0.39, 0.29) is 11.7 Å². The van der Waals surface area contributed by atoms with Crippen molar-refractivity contribution in [2.45, 2.75) is 45.3 Å². The van der Waals surface area contributed by atoms with Gasteiger partial charge in [-0.05, 0) is 62.9 Å². The number of anilines is 1. The maximum absolute atomic E-state index is 12.7. The Labute approximate surface area is 145 Å². The normalized spacial score (nSPS) is 27.4. The molecule has 0 fully saturated rings. The first-order valence-electron chi connectivity index (χ1n) is 8.31. The first-order chi connectivity index (χ1) is 11.6. The van der Waals surface area contributed by atoms with Crippen LogP contribution in [0, 0.1) is 5.92 Å². The third kappa shape index (κ3) is 3.34. The Morgan fingerprint density at radius 3 is 2.40 bits per heavy atom. The molecule has 134 valence electrons. The lowest BCUT2D eigenvalue weighted by Gasteiger charge is -2.33. The van der Waals surface area contributed by atoms with E-state index in [4.69, 9.17) is 4.99 Å². The number of benzene rings is 1. The Morgan fingerprint density at radius 2 is 1.84 bits per heavy atom. The zero-order valence-corrected chi connectivity index (χ0v) is 14.5. The number of alkyl halides is 3. The number of Topliss-reactive ketones (excluding diaryl/α,β-unsaturated/α-hetero) is 1. The second-order valence-corrected chi connectivity index (χ2v) is 7.09. The summed E-state index contributed by atoms with van der Waals surface area (Å²) in [5.74, 6) is 1.03. The Morgan fingerprint density at radius 1 is 1.20 bits per heavy atom. The molecule has 3 nitrogen and oxygen atoms in total. The second-order valence-electron chi connectivity index (χ2n) is 7.09. The molecule has 1 heterocycles. The highest BCUT2D eigenvalue weighted by Crippen LogP contribution is 2.39. The summed E-state index contributed by atoms with van der Waals surface area (Å²) in [7, 11) is 0. The van der Waals surface area contributed by atoms with E-state index in [1.54, 1.807) is 0 Å². The first kappa shape index (κ1) is 17.7. The molecule has 0 spiro atoms. The van der Waals surface area contributed by atoms with Crippen LogP contribution >= 0.6 is 0 Å². The number of nitrogens with zero attached hydrogens (tertiary/aromatic N) is 2. The molecule has 1 aromatic rings. The van der Waals surface area contributed by atoms with E-state index in [2.05, 4.69) is 0 Å². The SMILES string of the molecule is CC1=CCC(C2(C)CN(c3ccc(C(F)(F)F)cc3)C(C)=N2)CC1=O. The highest BCUT2D eigenvalue weighted by molar-refractivity contribution is 5.99. The molecule has 3 rings (SSSR count). The molecule has 2 atom stereocenters. The van der Waals surface area contributed by atoms with E-state index in [0.717, 1.165) is 30.0 Å². The lowest BCUT2D eigenvalue weighted by atomic mass is 9.76. The zero-order chi connectivity index (χ0) is 18.4. The van der Waals surface area contributed by atoms with Crippen LogP contribution in [0.2, 0.25) is 0 Å². The molecule has 6 heteroatoms. The van der Waals surface area contributed by atoms with Crippen LogP contribution in [0.5, 0.6) is 0 Å². The van der Waals surface area contributed by atoms with Gasteiger partial charge in [-0.15, -0.1) is 0 Å². The average Bonchev–Trinajstić information content (AvgIpc) is 2.85. The summed E-state index contributed by atoms with van der Waals surface area (Å²) >= 11 is 0. The minimum atomic E-state index is -4.34. The summed E-state index contributed by atoms with van der Waals surface area (Å²) in [4.78, 5) is 18.7. The molecular weight excluding hydrogens is 329 g/mol. The van der Waals surface area contributed by atoms with Crippen LogP contribution in [0.3, 0.4) is 0 Å². The number of rotatable bonds is 2. The van der Waals surface area contributed by atoms with Gasteiger partial charge in [-0.1, -0.05) is 6.08 Å². The van der Waals surface area contributed by atoms with Crippen molar-refractivity contribution in [1.29, 1.82) is 0 Å². The topological polar surface area (TPSA) is 32.7 Å². The van der Waals surface area contributed by atoms with Crippen LogP contribution in [-0.2, 0) is 11.0 Å². The maximum Gasteiger partial charge on any atom is 0.416 e. The number of carbonyl (C=O) groups excluding carboxylic acids is 1. The third-order valence-electron chi connectivity index (χ3n) is 5.25. The lowest BCUT2D eigenvalue weighted by Crippen LogP contribution is -2.41. The fraction of sp³-hybridized carbons (Fsp3) is 0.474. The Hall–Kier alpha value is -2.11. The predicted molar refractivity (Wildman–Crippen MR) is 91.8 cm³/mol. The average molecular weight is 350 g/mol. The number of halogens is 3. The minimum absolute atomic E-state index is 0.109. The summed E-state index contributed by atoms with van der Waals surface area (Å²) in [5.41, 5.74) is 0.413. The molecule has 1 aliphatic heterocycles. The van der Waals surface area contributed by atoms with Crippen LogP contribution < -0.4 is 4.90 Å². The van der Waals surface area contributed by atoms with E-state index < -0.39 is 17.3 Å². The van der Waals surface area contributed by atoms with Crippen molar-refractivity contribution in [3.8, 4) is 0 Å². The van der Waals surface area contributed by atoms with Gasteiger partial charge in [0.25, 0.3) is 0 Å². The van der Waals surface area contributed by atoms with Gasteiger partial charge in [-0.2, -0.15) is 13.2 Å². The van der Waals surface area contributed by atoms with Gasteiger partial charge in [-0.25, -0.2) is 0 Å². The summed E-state index contributed by atoms with van der Waals surface area (Å²) in [6.07, 6.45) is -1.11. The van der Waals surface area contributed by atoms with Crippen LogP contribution in [0.1, 0.15) is 39.2 Å². The summed E-state index contributed by atoms with van der Waals surface area (Å²) in [6, 6.07) is 5.14. The molecule has 0 bridgehead atoms. The highest BCUT2D eigenvalue weighted by atomic mass is 19.4. The van der Waals surface area contributed by atoms with Gasteiger partial charge >= 0.3 is 6.18 Å². The number of ketones is 1. The molecule has 0 saturated heterocycles. The molecule has 0 N–H and O–H groups in total. The second kappa shape index (κ2) is 6.00. The molecule has 1 aromatic carbocycles. The minimum Gasteiger partial charge on any atom is -0.328 e. The molecule has 0 radical (unpaired) electrons. The molecular formula is C19H21F3N2O. The van der Waals surface area contributed by atoms with E-state index >= 15 is 0 Å². The summed E-state index contributed by atoms with van der Waals surface area (Å²) in [6.45, 7) is 6.27. The monoisotopic (exact) mass is 350 g/mol. The van der Waals surface area contributed by atoms with Crippen molar-refractivity contribution in [3.05, 3.63) is 41.5 Å². The van der Waals surface area contributed by atoms with Crippen molar-refractivity contribution in [2.24, 2.45) is 10.9 Å². The van der Waals surface area contributed by atoms with Crippen LogP contribution in [0.15, 0.2) is 40.9 Å². The van der Waals surface area contributed by atoms with E-state index in [0.29, 0.717) is 18.7 Å². The fourth-order valence-corrected chi connectivity index (χ4v) is 3.60. The lowest BCUT2D eigenvalue weighted by molar-refractivity contribution is -0.137. The Bertz CT molecular complexity index is 749. The van der Waals surface area contributed by atoms with Crippen LogP contribution in [0.25, 0.3) is 0 Å². The smallest absolute Gasteiger partial charge is 0.328 e. The highest BCUT2D eigenvalue weighted by Gasteiger charge is 2.42. The van der Waals surface area contributed by atoms with E-state index in [9.17, 15) is 18.0 Å². The van der Waals surface area contributed by atoms with Crippen molar-refractivity contribution in [3.63, 3.8) is 0 Å². The molecule has 0 amide bonds. The van der Waals surface area contributed by atoms with Gasteiger partial charge in [-0.3, -0.25) is 9.79 Å². The molecule has 0 saturated carbocycles. The predicted octanol–water partition coefficient (Wildman–Crippen LogP) is 4.63. The number of aliphatic imine (C=N–C) groups is 1. The van der Waals surface area contributed by atoms with E-state index in [1.807, 2.05) is 31.7 Å². The van der Waals surface area contributed by atoms with Gasteiger partial charge in [0.1, 0.15) is 5.84 Å². The van der Waals surface area contributed by atoms with E-state index in [1.165, 1.54) is 12.1 Å². The molecule has 2 unspecified atom stereocenters. The van der Waals surface area contributed by atoms with Gasteiger partial charge in [0.05, 0.1) is 11.1 Å². The van der Waals surface area contributed by atoms with Crippen molar-refractivity contribution >= 4 is 17.3 Å². The Balaban J connectivity index is 1.81. The van der Waals surface area contributed by atoms with Gasteiger partial charge in [0, 0.05) is 18.7 Å². The zero-order valence-electron chi connectivity index (χ0n) is 14.5. The number of hydrogen-bond acceptors (Lipinski definition) is 3. The largest absolute Gasteiger partial charge is 0.416 e. The first-order valence-corrected chi connectivity index (χ1v) is 8.31. The molecule has 0 aromatic heterocycles. The number of amidine groups is 1. The number of hydrogen-bond donors (Lipinski definition) is 0. The number of carbonyl (C=O) groups is 1. The molecule has 25 heavy (non-hydrogen) atoms. The van der Waals surface area contributed by atoms with Crippen LogP contribution in [-0.4, -0.2) is 23.7 Å². The number of allylic oxidation sites excluding steroid dienone is 2. The Kier molecular flexibility index (Phi) is 4.25. The summed E-state index contributed by atoms with van der Waals surface area (Å²) in [5, 5.41) is 0. The van der Waals surface area contributed by atoms with Crippen molar-refractivity contribution < 1.29 is 18.0 Å². The van der Waals surface area contributed by atoms with Crippen molar-refractivity contribution in [2.75, 3.05) is 11.4 Å². The molecule has 2 aliphatic rings. The quantitative estimate of drug-likeness (QED) is 0.779. The maximum atomic E-state index is 12.7. The van der Waals surface area contributed by atoms with Gasteiger partial charge < -0.3 is 4.90 Å². The standard InChI is InChI=1S/C19H21F3N2O/c1-12-4-5-15(10-17(12)25)18(3)11-24(13(2)23-18)16-8-6-14(7-9-16)19(20,21)22/h4,6-9,15H,5,10-11H2,1-3H3. The molecule has 1 aliphatic carbocycles. The van der Waals surface area contributed by atoms with Gasteiger partial charge in [0.2, 0.25) is 0 Å². The summed E-state index contributed by atoms with van der Waals surface area (Å²) < 4.78 is 38.2. The third-order valence-corrected chi connectivity index (χ3v) is 5.25. The fourth-order valence-electron chi connectivity index (χ4n) is 3.60.